The number of benzene rings is 7. The van der Waals surface area contributed by atoms with E-state index in [0.29, 0.717) is 5.82 Å². The number of fused-ring (bicyclic) bond motifs is 6. The summed E-state index contributed by atoms with van der Waals surface area (Å²) in [6.45, 7) is 0. The van der Waals surface area contributed by atoms with E-state index in [1.54, 1.807) is 0 Å². The van der Waals surface area contributed by atoms with Crippen LogP contribution in [0.15, 0.2) is 193 Å². The minimum Gasteiger partial charge on any atom is -0.455 e. The summed E-state index contributed by atoms with van der Waals surface area (Å²) < 4.78 is 9.32. The third-order valence-electron chi connectivity index (χ3n) is 10.7. The zero-order valence-electron chi connectivity index (χ0n) is 30.1. The van der Waals surface area contributed by atoms with Crippen molar-refractivity contribution in [2.75, 3.05) is 0 Å². The van der Waals surface area contributed by atoms with Gasteiger partial charge in [-0.15, -0.1) is 11.3 Å². The number of para-hydroxylation sites is 1. The van der Waals surface area contributed by atoms with Gasteiger partial charge in [0.25, 0.3) is 0 Å². The first-order valence-electron chi connectivity index (χ1n) is 18.7. The highest BCUT2D eigenvalue weighted by atomic mass is 32.1. The largest absolute Gasteiger partial charge is 0.455 e. The summed E-state index contributed by atoms with van der Waals surface area (Å²) in [5, 5.41) is 4.82. The molecule has 0 amide bonds. The lowest BCUT2D eigenvalue weighted by atomic mass is 9.92. The maximum absolute atomic E-state index is 6.74. The Morgan fingerprint density at radius 3 is 1.79 bits per heavy atom. The van der Waals surface area contributed by atoms with Crippen LogP contribution in [0, 0.1) is 0 Å². The number of hydrogen-bond acceptors (Lipinski definition) is 5. The second kappa shape index (κ2) is 13.3. The average molecular weight is 734 g/mol. The van der Waals surface area contributed by atoms with Gasteiger partial charge >= 0.3 is 0 Å². The van der Waals surface area contributed by atoms with E-state index in [2.05, 4.69) is 145 Å². The fraction of sp³-hybridized carbons (Fsp3) is 0. The second-order valence-corrected chi connectivity index (χ2v) is 15.0. The summed E-state index contributed by atoms with van der Waals surface area (Å²) >= 11 is 1.85. The van der Waals surface area contributed by atoms with E-state index in [9.17, 15) is 0 Å². The van der Waals surface area contributed by atoms with Crippen molar-refractivity contribution in [2.24, 2.45) is 0 Å². The topological polar surface area (TPSA) is 51.8 Å². The smallest absolute Gasteiger partial charge is 0.160 e. The lowest BCUT2D eigenvalue weighted by Gasteiger charge is -2.12. The first kappa shape index (κ1) is 32.2. The second-order valence-electron chi connectivity index (χ2n) is 14.0. The zero-order valence-corrected chi connectivity index (χ0v) is 30.9. The van der Waals surface area contributed by atoms with E-state index in [0.717, 1.165) is 72.3 Å². The molecule has 0 spiro atoms. The Bertz CT molecular complexity index is 3220. The third kappa shape index (κ3) is 5.48. The van der Waals surface area contributed by atoms with Gasteiger partial charge in [-0.3, -0.25) is 4.98 Å². The average Bonchev–Trinajstić information content (AvgIpc) is 3.86. The van der Waals surface area contributed by atoms with E-state index in [4.69, 9.17) is 14.4 Å². The summed E-state index contributed by atoms with van der Waals surface area (Å²) in [5.41, 5.74) is 13.3. The molecule has 0 bridgehead atoms. The summed E-state index contributed by atoms with van der Waals surface area (Å²) in [5.74, 6) is 0.680. The molecule has 0 unspecified atom stereocenters. The van der Waals surface area contributed by atoms with Gasteiger partial charge in [-0.25, -0.2) is 9.97 Å². The van der Waals surface area contributed by atoms with Crippen molar-refractivity contribution in [3.05, 3.63) is 188 Å². The van der Waals surface area contributed by atoms with Crippen LogP contribution in [0.3, 0.4) is 0 Å². The molecule has 0 aliphatic heterocycles. The molecule has 11 aromatic rings. The molecule has 56 heavy (non-hydrogen) atoms. The summed E-state index contributed by atoms with van der Waals surface area (Å²) in [6.07, 6.45) is 3.63. The Hall–Kier alpha value is -7.21. The van der Waals surface area contributed by atoms with E-state index in [1.165, 1.54) is 31.3 Å². The lowest BCUT2D eigenvalue weighted by Crippen LogP contribution is -1.96. The van der Waals surface area contributed by atoms with Gasteiger partial charge in [-0.1, -0.05) is 133 Å². The van der Waals surface area contributed by atoms with Gasteiger partial charge in [-0.2, -0.15) is 0 Å². The van der Waals surface area contributed by atoms with Gasteiger partial charge in [0.1, 0.15) is 11.2 Å². The molecule has 0 aliphatic rings. The van der Waals surface area contributed by atoms with Crippen LogP contribution < -0.4 is 0 Å². The van der Waals surface area contributed by atoms with E-state index < -0.39 is 0 Å². The minimum absolute atomic E-state index is 0.680. The van der Waals surface area contributed by atoms with Gasteiger partial charge in [-0.05, 0) is 70.3 Å². The Kier molecular flexibility index (Phi) is 7.64. The number of nitrogens with zero attached hydrogens (tertiary/aromatic N) is 3. The highest BCUT2D eigenvalue weighted by Gasteiger charge is 2.20. The van der Waals surface area contributed by atoms with E-state index in [-0.39, 0.29) is 0 Å². The molecule has 4 nitrogen and oxygen atoms in total. The Morgan fingerprint density at radius 1 is 0.393 bits per heavy atom. The molecule has 7 aromatic carbocycles. The van der Waals surface area contributed by atoms with Gasteiger partial charge in [0.05, 0.1) is 11.4 Å². The molecular weight excluding hydrogens is 703 g/mol. The van der Waals surface area contributed by atoms with Gasteiger partial charge in [0.15, 0.2) is 5.82 Å². The molecule has 4 aromatic heterocycles. The van der Waals surface area contributed by atoms with Crippen LogP contribution in [0.1, 0.15) is 0 Å². The van der Waals surface area contributed by atoms with Crippen molar-refractivity contribution >= 4 is 53.4 Å². The highest BCUT2D eigenvalue weighted by Crippen LogP contribution is 2.46. The number of pyridine rings is 1. The van der Waals surface area contributed by atoms with Crippen molar-refractivity contribution in [2.45, 2.75) is 0 Å². The molecule has 0 radical (unpaired) electrons. The van der Waals surface area contributed by atoms with Crippen molar-refractivity contribution in [1.82, 2.24) is 15.0 Å². The number of hydrogen-bond donors (Lipinski definition) is 0. The first-order valence-corrected chi connectivity index (χ1v) is 19.5. The summed E-state index contributed by atoms with van der Waals surface area (Å²) in [4.78, 5) is 14.3. The maximum Gasteiger partial charge on any atom is 0.160 e. The van der Waals surface area contributed by atoms with Gasteiger partial charge in [0.2, 0.25) is 0 Å². The standard InChI is InChI=1S/C51H31N3OS/c1-2-9-35(10-3-1)43-31-44(54-51(53-43)37-23-17-32(18-24-37)33-27-29-52-30-28-33)36-21-19-34(20-22-36)38-25-26-40(49-41-11-4-6-14-45(41)55-50(38)49)39-13-8-16-47-48(39)42-12-5-7-15-46(42)56-47/h1-31H. The van der Waals surface area contributed by atoms with Crippen LogP contribution in [-0.4, -0.2) is 15.0 Å². The van der Waals surface area contributed by atoms with E-state index >= 15 is 0 Å². The Morgan fingerprint density at radius 2 is 0.982 bits per heavy atom. The quantitative estimate of drug-likeness (QED) is 0.171. The fourth-order valence-electron chi connectivity index (χ4n) is 7.94. The maximum atomic E-state index is 6.74. The molecule has 11 rings (SSSR count). The first-order chi connectivity index (χ1) is 27.7. The number of furan rings is 1. The normalized spacial score (nSPS) is 11.6. The van der Waals surface area contributed by atoms with Crippen molar-refractivity contribution in [1.29, 1.82) is 0 Å². The molecule has 0 saturated heterocycles. The van der Waals surface area contributed by atoms with E-state index in [1.807, 2.05) is 60.1 Å². The third-order valence-corrected chi connectivity index (χ3v) is 11.8. The predicted octanol–water partition coefficient (Wildman–Crippen LogP) is 14.1. The molecule has 0 N–H and O–H groups in total. The highest BCUT2D eigenvalue weighted by molar-refractivity contribution is 7.25. The van der Waals surface area contributed by atoms with Gasteiger partial charge < -0.3 is 4.42 Å². The van der Waals surface area contributed by atoms with Gasteiger partial charge in [0, 0.05) is 65.6 Å². The Balaban J connectivity index is 1.02. The summed E-state index contributed by atoms with van der Waals surface area (Å²) in [7, 11) is 0. The minimum atomic E-state index is 0.680. The molecule has 0 fully saturated rings. The lowest BCUT2D eigenvalue weighted by molar-refractivity contribution is 0.670. The molecule has 0 aliphatic carbocycles. The number of thiophene rings is 1. The van der Waals surface area contributed by atoms with Crippen LogP contribution >= 0.6 is 11.3 Å². The van der Waals surface area contributed by atoms with Crippen LogP contribution in [0.2, 0.25) is 0 Å². The molecule has 5 heteroatoms. The fourth-order valence-corrected chi connectivity index (χ4v) is 9.07. The van der Waals surface area contributed by atoms with Crippen molar-refractivity contribution in [3.8, 4) is 67.3 Å². The SMILES string of the molecule is c1ccc(-c2cc(-c3ccc(-c4ccc(-c5cccc6sc7ccccc7c56)c5c4oc4ccccc45)cc3)nc(-c3ccc(-c4ccncc4)cc3)n2)cc1. The Labute approximate surface area is 327 Å². The molecule has 262 valence electrons. The van der Waals surface area contributed by atoms with Crippen LogP contribution in [-0.2, 0) is 0 Å². The van der Waals surface area contributed by atoms with Crippen molar-refractivity contribution < 1.29 is 4.42 Å². The van der Waals surface area contributed by atoms with Crippen LogP contribution in [0.5, 0.6) is 0 Å². The zero-order chi connectivity index (χ0) is 37.0. The molecular formula is C51H31N3OS. The predicted molar refractivity (Wildman–Crippen MR) is 233 cm³/mol. The monoisotopic (exact) mass is 733 g/mol. The summed E-state index contributed by atoms with van der Waals surface area (Å²) in [6, 6.07) is 61.7. The molecule has 0 atom stereocenters. The van der Waals surface area contributed by atoms with Crippen LogP contribution in [0.4, 0.5) is 0 Å². The number of aromatic nitrogens is 3. The van der Waals surface area contributed by atoms with Crippen molar-refractivity contribution in [3.63, 3.8) is 0 Å². The molecule has 4 heterocycles. The molecule has 0 saturated carbocycles. The van der Waals surface area contributed by atoms with Crippen LogP contribution in [0.25, 0.3) is 109 Å². The number of rotatable bonds is 6.